The largest absolute Gasteiger partial charge is 0.497 e. The molecule has 1 N–H and O–H groups in total. The maximum absolute atomic E-state index is 14.5. The van der Waals surface area contributed by atoms with Crippen LogP contribution in [0.25, 0.3) is 0 Å². The van der Waals surface area contributed by atoms with Gasteiger partial charge in [0.25, 0.3) is 10.0 Å². The molecule has 0 fully saturated rings. The van der Waals surface area contributed by atoms with Crippen molar-refractivity contribution < 1.29 is 22.7 Å². The van der Waals surface area contributed by atoms with E-state index in [0.29, 0.717) is 22.9 Å². The van der Waals surface area contributed by atoms with Gasteiger partial charge in [-0.1, -0.05) is 78.7 Å². The van der Waals surface area contributed by atoms with Gasteiger partial charge in [0.1, 0.15) is 18.3 Å². The van der Waals surface area contributed by atoms with Crippen LogP contribution in [0.1, 0.15) is 37.0 Å². The lowest BCUT2D eigenvalue weighted by Gasteiger charge is -2.34. The van der Waals surface area contributed by atoms with E-state index in [0.717, 1.165) is 21.0 Å². The highest BCUT2D eigenvalue weighted by molar-refractivity contribution is 7.92. The van der Waals surface area contributed by atoms with Gasteiger partial charge < -0.3 is 15.0 Å². The molecular formula is C36H40ClN3O5S. The van der Waals surface area contributed by atoms with E-state index in [1.807, 2.05) is 51.1 Å². The van der Waals surface area contributed by atoms with Crippen LogP contribution in [-0.2, 0) is 32.6 Å². The molecule has 8 nitrogen and oxygen atoms in total. The summed E-state index contributed by atoms with van der Waals surface area (Å²) in [5.74, 6) is -0.351. The highest BCUT2D eigenvalue weighted by Crippen LogP contribution is 2.27. The zero-order valence-corrected chi connectivity index (χ0v) is 28.1. The van der Waals surface area contributed by atoms with E-state index < -0.39 is 28.5 Å². The van der Waals surface area contributed by atoms with E-state index in [2.05, 4.69) is 5.32 Å². The lowest BCUT2D eigenvalue weighted by Crippen LogP contribution is -2.54. The summed E-state index contributed by atoms with van der Waals surface area (Å²) in [4.78, 5) is 29.9. The third-order valence-electron chi connectivity index (χ3n) is 7.79. The minimum atomic E-state index is -4.21. The molecule has 0 bridgehead atoms. The van der Waals surface area contributed by atoms with Gasteiger partial charge in [-0.15, -0.1) is 0 Å². The van der Waals surface area contributed by atoms with Crippen molar-refractivity contribution in [1.82, 2.24) is 10.2 Å². The monoisotopic (exact) mass is 661 g/mol. The fourth-order valence-electron chi connectivity index (χ4n) is 4.90. The van der Waals surface area contributed by atoms with E-state index in [-0.39, 0.29) is 29.8 Å². The zero-order chi connectivity index (χ0) is 33.3. The second kappa shape index (κ2) is 15.8. The number of carbonyl (C=O) groups is 2. The minimum Gasteiger partial charge on any atom is -0.497 e. The molecule has 0 saturated heterocycles. The Morgan fingerprint density at radius 2 is 1.50 bits per heavy atom. The smallest absolute Gasteiger partial charge is 0.264 e. The Labute approximate surface area is 277 Å². The van der Waals surface area contributed by atoms with Crippen molar-refractivity contribution in [3.8, 4) is 5.75 Å². The van der Waals surface area contributed by atoms with E-state index >= 15 is 0 Å². The normalized spacial score (nSPS) is 12.5. The number of halogens is 1. The number of ether oxygens (including phenoxy) is 1. The number of carbonyl (C=O) groups excluding carboxylic acids is 2. The number of sulfonamides is 1. The van der Waals surface area contributed by atoms with Crippen LogP contribution < -0.4 is 14.4 Å². The van der Waals surface area contributed by atoms with E-state index in [4.69, 9.17) is 16.3 Å². The van der Waals surface area contributed by atoms with Gasteiger partial charge in [0.15, 0.2) is 0 Å². The van der Waals surface area contributed by atoms with Gasteiger partial charge >= 0.3 is 0 Å². The number of anilines is 1. The molecule has 0 aliphatic carbocycles. The number of benzene rings is 4. The molecule has 4 aromatic carbocycles. The van der Waals surface area contributed by atoms with Crippen LogP contribution in [0.5, 0.6) is 5.75 Å². The molecule has 10 heteroatoms. The topological polar surface area (TPSA) is 96.0 Å². The maximum Gasteiger partial charge on any atom is 0.264 e. The zero-order valence-electron chi connectivity index (χ0n) is 26.5. The van der Waals surface area contributed by atoms with Crippen molar-refractivity contribution in [1.29, 1.82) is 0 Å². The second-order valence-corrected chi connectivity index (χ2v) is 13.5. The summed E-state index contributed by atoms with van der Waals surface area (Å²) in [6, 6.07) is 28.4. The number of amides is 2. The fourth-order valence-corrected chi connectivity index (χ4v) is 6.44. The Bertz CT molecular complexity index is 1700. The average Bonchev–Trinajstić information content (AvgIpc) is 3.06. The molecule has 4 rings (SSSR count). The minimum absolute atomic E-state index is 0.00118. The standard InChI is InChI=1S/C36H40ClN3O5S/c1-5-27(3)38-36(42)34(23-28-9-7-6-8-10-28)39(24-29-13-15-30(37)16-14-29)35(41)25-40(31-17-11-26(2)12-18-31)46(43,44)33-21-19-32(45-4)20-22-33/h6-22,27,34H,5,23-25H2,1-4H3,(H,38,42)/t27-,34-/m1/s1. The number of rotatable bonds is 14. The van der Waals surface area contributed by atoms with Crippen LogP contribution in [0.15, 0.2) is 108 Å². The molecule has 0 aliphatic rings. The van der Waals surface area contributed by atoms with Gasteiger partial charge in [-0.05, 0) is 79.9 Å². The van der Waals surface area contributed by atoms with Gasteiger partial charge in [0, 0.05) is 24.0 Å². The second-order valence-electron chi connectivity index (χ2n) is 11.2. The predicted octanol–water partition coefficient (Wildman–Crippen LogP) is 6.41. The summed E-state index contributed by atoms with van der Waals surface area (Å²) in [5.41, 5.74) is 2.87. The quantitative estimate of drug-likeness (QED) is 0.169. The van der Waals surface area contributed by atoms with Crippen molar-refractivity contribution in [2.75, 3.05) is 18.0 Å². The van der Waals surface area contributed by atoms with Gasteiger partial charge in [-0.3, -0.25) is 13.9 Å². The molecular weight excluding hydrogens is 622 g/mol. The van der Waals surface area contributed by atoms with Crippen molar-refractivity contribution >= 4 is 39.1 Å². The molecule has 0 radical (unpaired) electrons. The summed E-state index contributed by atoms with van der Waals surface area (Å²) < 4.78 is 34.7. The number of hydrogen-bond donors (Lipinski definition) is 1. The number of nitrogens with zero attached hydrogens (tertiary/aromatic N) is 2. The highest BCUT2D eigenvalue weighted by Gasteiger charge is 2.35. The van der Waals surface area contributed by atoms with Crippen molar-refractivity contribution in [3.05, 3.63) is 125 Å². The SMILES string of the molecule is CC[C@@H](C)NC(=O)[C@@H](Cc1ccccc1)N(Cc1ccc(Cl)cc1)C(=O)CN(c1ccc(C)cc1)S(=O)(=O)c1ccc(OC)cc1. The Morgan fingerprint density at radius 3 is 2.09 bits per heavy atom. The van der Waals surface area contributed by atoms with Crippen LogP contribution in [0.4, 0.5) is 5.69 Å². The molecule has 2 amide bonds. The lowest BCUT2D eigenvalue weighted by atomic mass is 10.0. The van der Waals surface area contributed by atoms with Gasteiger partial charge in [0.05, 0.1) is 17.7 Å². The van der Waals surface area contributed by atoms with Crippen LogP contribution >= 0.6 is 11.6 Å². The maximum atomic E-state index is 14.5. The van der Waals surface area contributed by atoms with E-state index in [9.17, 15) is 18.0 Å². The number of nitrogens with one attached hydrogen (secondary N) is 1. The third-order valence-corrected chi connectivity index (χ3v) is 9.83. The van der Waals surface area contributed by atoms with Gasteiger partial charge in [0.2, 0.25) is 11.8 Å². The van der Waals surface area contributed by atoms with Crippen LogP contribution in [0.3, 0.4) is 0 Å². The summed E-state index contributed by atoms with van der Waals surface area (Å²) in [5, 5.41) is 3.58. The molecule has 242 valence electrons. The summed E-state index contributed by atoms with van der Waals surface area (Å²) in [6.45, 7) is 5.30. The van der Waals surface area contributed by atoms with Crippen LogP contribution in [0, 0.1) is 6.92 Å². The summed E-state index contributed by atoms with van der Waals surface area (Å²) in [6.07, 6.45) is 0.939. The first-order chi connectivity index (χ1) is 22.0. The molecule has 0 aliphatic heterocycles. The predicted molar refractivity (Wildman–Crippen MR) is 183 cm³/mol. The van der Waals surface area contributed by atoms with E-state index in [1.54, 1.807) is 60.7 Å². The van der Waals surface area contributed by atoms with Crippen molar-refractivity contribution in [2.45, 2.75) is 57.1 Å². The highest BCUT2D eigenvalue weighted by atomic mass is 35.5. The van der Waals surface area contributed by atoms with Crippen molar-refractivity contribution in [2.24, 2.45) is 0 Å². The molecule has 0 aromatic heterocycles. The van der Waals surface area contributed by atoms with Crippen LogP contribution in [-0.4, -0.2) is 50.9 Å². The van der Waals surface area contributed by atoms with Crippen LogP contribution in [0.2, 0.25) is 5.02 Å². The van der Waals surface area contributed by atoms with Crippen molar-refractivity contribution in [3.63, 3.8) is 0 Å². The Kier molecular flexibility index (Phi) is 11.8. The summed E-state index contributed by atoms with van der Waals surface area (Å²) >= 11 is 6.15. The first-order valence-corrected chi connectivity index (χ1v) is 16.9. The molecule has 2 atom stereocenters. The fraction of sp³-hybridized carbons (Fsp3) is 0.278. The number of methoxy groups -OCH3 is 1. The summed E-state index contributed by atoms with van der Waals surface area (Å²) in [7, 11) is -2.72. The molecule has 0 unspecified atom stereocenters. The molecule has 0 spiro atoms. The Balaban J connectivity index is 1.80. The average molecular weight is 662 g/mol. The number of aryl methyl sites for hydroxylation is 1. The first-order valence-electron chi connectivity index (χ1n) is 15.1. The number of hydrogen-bond acceptors (Lipinski definition) is 5. The Morgan fingerprint density at radius 1 is 0.870 bits per heavy atom. The molecule has 4 aromatic rings. The van der Waals surface area contributed by atoms with E-state index in [1.165, 1.54) is 24.1 Å². The first kappa shape index (κ1) is 34.5. The third kappa shape index (κ3) is 8.89. The lowest BCUT2D eigenvalue weighted by molar-refractivity contribution is -0.140. The Hall–Kier alpha value is -4.34. The molecule has 0 heterocycles. The molecule has 0 saturated carbocycles. The van der Waals surface area contributed by atoms with Gasteiger partial charge in [-0.2, -0.15) is 0 Å². The molecule has 46 heavy (non-hydrogen) atoms. The van der Waals surface area contributed by atoms with Gasteiger partial charge in [-0.25, -0.2) is 8.42 Å².